The van der Waals surface area contributed by atoms with Crippen molar-refractivity contribution in [1.29, 1.82) is 0 Å². The van der Waals surface area contributed by atoms with Crippen LogP contribution in [0.3, 0.4) is 0 Å². The molecule has 3 heteroatoms. The molecule has 0 amide bonds. The minimum atomic E-state index is -0.0977. The molecule has 0 fully saturated rings. The predicted molar refractivity (Wildman–Crippen MR) is 55.9 cm³/mol. The summed E-state index contributed by atoms with van der Waals surface area (Å²) in [6.45, 7) is 1.91. The molecule has 0 saturated heterocycles. The quantitative estimate of drug-likeness (QED) is 0.743. The Balaban J connectivity index is 2.93. The Morgan fingerprint density at radius 3 is 2.86 bits per heavy atom. The molecular formula is C11H11NO2. The topological polar surface area (TPSA) is 42.1 Å². The molecule has 0 saturated carbocycles. The molecule has 14 heavy (non-hydrogen) atoms. The summed E-state index contributed by atoms with van der Waals surface area (Å²) in [7, 11) is 1.59. The third-order valence-electron chi connectivity index (χ3n) is 2.27. The molecule has 0 atom stereocenters. The van der Waals surface area contributed by atoms with E-state index in [4.69, 9.17) is 4.74 Å². The number of aryl methyl sites for hydroxylation is 1. The summed E-state index contributed by atoms with van der Waals surface area (Å²) >= 11 is 0. The lowest BCUT2D eigenvalue weighted by Gasteiger charge is -2.05. The highest BCUT2D eigenvalue weighted by Crippen LogP contribution is 2.23. The SMILES string of the molecule is COc1cccc2c(C)cc(=O)[nH]c12. The van der Waals surface area contributed by atoms with Crippen molar-refractivity contribution in [2.45, 2.75) is 6.92 Å². The Kier molecular flexibility index (Phi) is 2.00. The molecule has 1 aromatic carbocycles. The summed E-state index contributed by atoms with van der Waals surface area (Å²) in [6, 6.07) is 7.29. The average Bonchev–Trinajstić information content (AvgIpc) is 2.17. The van der Waals surface area contributed by atoms with Crippen LogP contribution in [0.2, 0.25) is 0 Å². The molecule has 0 bridgehead atoms. The number of hydrogen-bond acceptors (Lipinski definition) is 2. The number of nitrogens with one attached hydrogen (secondary N) is 1. The molecule has 3 nitrogen and oxygen atoms in total. The van der Waals surface area contributed by atoms with Gasteiger partial charge in [-0.25, -0.2) is 0 Å². The van der Waals surface area contributed by atoms with E-state index in [0.717, 1.165) is 16.5 Å². The van der Waals surface area contributed by atoms with Crippen LogP contribution in [0.4, 0.5) is 0 Å². The Hall–Kier alpha value is -1.77. The van der Waals surface area contributed by atoms with Crippen molar-refractivity contribution in [3.63, 3.8) is 0 Å². The lowest BCUT2D eigenvalue weighted by molar-refractivity contribution is 0.419. The Morgan fingerprint density at radius 1 is 1.36 bits per heavy atom. The first kappa shape index (κ1) is 8.81. The number of hydrogen-bond donors (Lipinski definition) is 1. The second-order valence-electron chi connectivity index (χ2n) is 3.20. The molecule has 1 heterocycles. The minimum Gasteiger partial charge on any atom is -0.495 e. The van der Waals surface area contributed by atoms with Gasteiger partial charge in [0.05, 0.1) is 12.6 Å². The highest BCUT2D eigenvalue weighted by molar-refractivity contribution is 5.86. The molecule has 0 unspecified atom stereocenters. The van der Waals surface area contributed by atoms with Crippen molar-refractivity contribution in [3.05, 3.63) is 40.2 Å². The minimum absolute atomic E-state index is 0.0977. The van der Waals surface area contributed by atoms with E-state index in [0.29, 0.717) is 5.75 Å². The van der Waals surface area contributed by atoms with Crippen molar-refractivity contribution >= 4 is 10.9 Å². The fourth-order valence-electron chi connectivity index (χ4n) is 1.59. The van der Waals surface area contributed by atoms with Crippen LogP contribution in [0.1, 0.15) is 5.56 Å². The Bertz CT molecular complexity index is 528. The molecule has 0 radical (unpaired) electrons. The van der Waals surface area contributed by atoms with Gasteiger partial charge in [-0.05, 0) is 18.6 Å². The van der Waals surface area contributed by atoms with E-state index in [1.165, 1.54) is 0 Å². The van der Waals surface area contributed by atoms with Crippen LogP contribution in [0.15, 0.2) is 29.1 Å². The molecule has 1 N–H and O–H groups in total. The molecule has 0 aliphatic rings. The first-order valence-electron chi connectivity index (χ1n) is 4.39. The van der Waals surface area contributed by atoms with Gasteiger partial charge in [0.2, 0.25) is 5.56 Å². The van der Waals surface area contributed by atoms with Crippen LogP contribution in [0, 0.1) is 6.92 Å². The molecule has 0 spiro atoms. The molecule has 1 aromatic heterocycles. The summed E-state index contributed by atoms with van der Waals surface area (Å²) in [4.78, 5) is 14.0. The van der Waals surface area contributed by atoms with E-state index in [1.54, 1.807) is 13.2 Å². The third-order valence-corrected chi connectivity index (χ3v) is 2.27. The number of para-hydroxylation sites is 1. The molecule has 0 aliphatic carbocycles. The fraction of sp³-hybridized carbons (Fsp3) is 0.182. The molecule has 72 valence electrons. The van der Waals surface area contributed by atoms with Crippen LogP contribution >= 0.6 is 0 Å². The zero-order valence-corrected chi connectivity index (χ0v) is 8.13. The second-order valence-corrected chi connectivity index (χ2v) is 3.20. The molecular weight excluding hydrogens is 178 g/mol. The van der Waals surface area contributed by atoms with E-state index >= 15 is 0 Å². The summed E-state index contributed by atoms with van der Waals surface area (Å²) in [6.07, 6.45) is 0. The Morgan fingerprint density at radius 2 is 2.14 bits per heavy atom. The van der Waals surface area contributed by atoms with Crippen molar-refractivity contribution < 1.29 is 4.74 Å². The third kappa shape index (κ3) is 1.27. The first-order valence-corrected chi connectivity index (χ1v) is 4.39. The van der Waals surface area contributed by atoms with E-state index in [9.17, 15) is 4.79 Å². The highest BCUT2D eigenvalue weighted by atomic mass is 16.5. The van der Waals surface area contributed by atoms with Crippen LogP contribution in [0.5, 0.6) is 5.75 Å². The van der Waals surface area contributed by atoms with Gasteiger partial charge in [0.25, 0.3) is 0 Å². The second kappa shape index (κ2) is 3.18. The highest BCUT2D eigenvalue weighted by Gasteiger charge is 2.03. The van der Waals surface area contributed by atoms with E-state index in [1.807, 2.05) is 25.1 Å². The van der Waals surface area contributed by atoms with Crippen molar-refractivity contribution in [3.8, 4) is 5.75 Å². The van der Waals surface area contributed by atoms with Gasteiger partial charge in [0, 0.05) is 11.5 Å². The molecule has 0 aliphatic heterocycles. The molecule has 2 rings (SSSR count). The first-order chi connectivity index (χ1) is 6.72. The van der Waals surface area contributed by atoms with E-state index in [2.05, 4.69) is 4.98 Å². The average molecular weight is 189 g/mol. The van der Waals surface area contributed by atoms with E-state index in [-0.39, 0.29) is 5.56 Å². The maximum atomic E-state index is 11.3. The number of rotatable bonds is 1. The zero-order valence-electron chi connectivity index (χ0n) is 8.13. The number of methoxy groups -OCH3 is 1. The number of H-pyrrole nitrogens is 1. The van der Waals surface area contributed by atoms with Crippen LogP contribution < -0.4 is 10.3 Å². The monoisotopic (exact) mass is 189 g/mol. The van der Waals surface area contributed by atoms with Crippen LogP contribution in [-0.2, 0) is 0 Å². The zero-order chi connectivity index (χ0) is 10.1. The van der Waals surface area contributed by atoms with Gasteiger partial charge in [-0.2, -0.15) is 0 Å². The van der Waals surface area contributed by atoms with Gasteiger partial charge in [-0.3, -0.25) is 4.79 Å². The largest absolute Gasteiger partial charge is 0.495 e. The number of pyridine rings is 1. The maximum Gasteiger partial charge on any atom is 0.248 e. The number of aromatic nitrogens is 1. The van der Waals surface area contributed by atoms with Gasteiger partial charge < -0.3 is 9.72 Å². The summed E-state index contributed by atoms with van der Waals surface area (Å²) in [5, 5.41) is 1.02. The lowest BCUT2D eigenvalue weighted by Crippen LogP contribution is -2.05. The predicted octanol–water partition coefficient (Wildman–Crippen LogP) is 1.85. The van der Waals surface area contributed by atoms with Crippen molar-refractivity contribution in [1.82, 2.24) is 4.98 Å². The standard InChI is InChI=1S/C11H11NO2/c1-7-6-10(13)12-11-8(7)4-3-5-9(11)14-2/h3-6H,1-2H3,(H,12,13). The van der Waals surface area contributed by atoms with Gasteiger partial charge >= 0.3 is 0 Å². The van der Waals surface area contributed by atoms with Crippen molar-refractivity contribution in [2.24, 2.45) is 0 Å². The maximum absolute atomic E-state index is 11.3. The number of ether oxygens (including phenoxy) is 1. The van der Waals surface area contributed by atoms with Crippen LogP contribution in [-0.4, -0.2) is 12.1 Å². The number of aromatic amines is 1. The fourth-order valence-corrected chi connectivity index (χ4v) is 1.59. The normalized spacial score (nSPS) is 10.4. The summed E-state index contributed by atoms with van der Waals surface area (Å²) < 4.78 is 5.17. The summed E-state index contributed by atoms with van der Waals surface area (Å²) in [5.41, 5.74) is 1.63. The van der Waals surface area contributed by atoms with E-state index < -0.39 is 0 Å². The Labute approximate surface area is 81.3 Å². The van der Waals surface area contributed by atoms with Crippen LogP contribution in [0.25, 0.3) is 10.9 Å². The molecule has 2 aromatic rings. The number of fused-ring (bicyclic) bond motifs is 1. The van der Waals surface area contributed by atoms with Gasteiger partial charge in [-0.1, -0.05) is 12.1 Å². The van der Waals surface area contributed by atoms with Gasteiger partial charge in [0.15, 0.2) is 0 Å². The summed E-state index contributed by atoms with van der Waals surface area (Å²) in [5.74, 6) is 0.698. The van der Waals surface area contributed by atoms with Gasteiger partial charge in [-0.15, -0.1) is 0 Å². The number of benzene rings is 1. The smallest absolute Gasteiger partial charge is 0.248 e. The van der Waals surface area contributed by atoms with Crippen molar-refractivity contribution in [2.75, 3.05) is 7.11 Å². The van der Waals surface area contributed by atoms with Gasteiger partial charge in [0.1, 0.15) is 5.75 Å². The lowest BCUT2D eigenvalue weighted by atomic mass is 10.1.